The third kappa shape index (κ3) is 2.37. The van der Waals surface area contributed by atoms with Crippen LogP contribution < -0.4 is 4.90 Å². The molecule has 0 amide bonds. The van der Waals surface area contributed by atoms with Gasteiger partial charge >= 0.3 is 0 Å². The van der Waals surface area contributed by atoms with E-state index in [1.807, 2.05) is 18.2 Å². The largest absolute Gasteiger partial charge is 0.392 e. The van der Waals surface area contributed by atoms with E-state index in [2.05, 4.69) is 23.0 Å². The molecule has 1 fully saturated rings. The molecule has 0 aliphatic carbocycles. The molecule has 1 N–H and O–H groups in total. The molecule has 2 aromatic rings. The van der Waals surface area contributed by atoms with Crippen molar-refractivity contribution in [3.8, 4) is 0 Å². The number of fused-ring (bicyclic) bond motifs is 1. The van der Waals surface area contributed by atoms with Crippen molar-refractivity contribution in [2.45, 2.75) is 25.5 Å². The zero-order chi connectivity index (χ0) is 13.9. The highest BCUT2D eigenvalue weighted by Crippen LogP contribution is 2.29. The van der Waals surface area contributed by atoms with Crippen LogP contribution in [0.1, 0.15) is 18.4 Å². The van der Waals surface area contributed by atoms with Gasteiger partial charge in [0.1, 0.15) is 5.82 Å². The second-order valence-corrected chi connectivity index (χ2v) is 5.27. The lowest BCUT2D eigenvalue weighted by Gasteiger charge is -2.32. The van der Waals surface area contributed by atoms with Gasteiger partial charge in [-0.3, -0.25) is 0 Å². The SMILES string of the molecule is CN(c1ncc(CO)c2ccccc12)C1CCOCC1. The summed E-state index contributed by atoms with van der Waals surface area (Å²) in [6.07, 6.45) is 3.86. The van der Waals surface area contributed by atoms with E-state index in [4.69, 9.17) is 4.74 Å². The van der Waals surface area contributed by atoms with E-state index in [9.17, 15) is 5.11 Å². The molecule has 2 heterocycles. The van der Waals surface area contributed by atoms with Crippen molar-refractivity contribution in [2.24, 2.45) is 0 Å². The molecule has 4 nitrogen and oxygen atoms in total. The molecule has 0 unspecified atom stereocenters. The summed E-state index contributed by atoms with van der Waals surface area (Å²) in [5.41, 5.74) is 0.879. The molecular formula is C16H20N2O2. The average molecular weight is 272 g/mol. The Hall–Kier alpha value is -1.65. The molecule has 1 saturated heterocycles. The summed E-state index contributed by atoms with van der Waals surface area (Å²) in [5.74, 6) is 0.990. The van der Waals surface area contributed by atoms with E-state index in [0.717, 1.165) is 48.2 Å². The fourth-order valence-corrected chi connectivity index (χ4v) is 2.89. The van der Waals surface area contributed by atoms with Crippen LogP contribution in [0.25, 0.3) is 10.8 Å². The van der Waals surface area contributed by atoms with Gasteiger partial charge in [0.2, 0.25) is 0 Å². The molecule has 0 spiro atoms. The first-order valence-corrected chi connectivity index (χ1v) is 7.09. The third-order valence-corrected chi connectivity index (χ3v) is 4.10. The summed E-state index contributed by atoms with van der Waals surface area (Å²) < 4.78 is 5.43. The molecule has 3 rings (SSSR count). The number of aliphatic hydroxyl groups excluding tert-OH is 1. The predicted molar refractivity (Wildman–Crippen MR) is 79.9 cm³/mol. The number of hydrogen-bond donors (Lipinski definition) is 1. The zero-order valence-corrected chi connectivity index (χ0v) is 11.7. The Morgan fingerprint density at radius 3 is 2.65 bits per heavy atom. The molecule has 0 radical (unpaired) electrons. The van der Waals surface area contributed by atoms with Crippen LogP contribution in [0, 0.1) is 0 Å². The van der Waals surface area contributed by atoms with Gasteiger partial charge < -0.3 is 14.7 Å². The molecule has 0 saturated carbocycles. The summed E-state index contributed by atoms with van der Waals surface area (Å²) in [7, 11) is 2.10. The van der Waals surface area contributed by atoms with Gasteiger partial charge in [0.25, 0.3) is 0 Å². The highest BCUT2D eigenvalue weighted by molar-refractivity contribution is 5.94. The topological polar surface area (TPSA) is 45.6 Å². The van der Waals surface area contributed by atoms with Crippen LogP contribution in [-0.4, -0.2) is 36.4 Å². The molecule has 1 aliphatic heterocycles. The minimum atomic E-state index is 0.0226. The van der Waals surface area contributed by atoms with Crippen molar-refractivity contribution in [3.63, 3.8) is 0 Å². The Labute approximate surface area is 119 Å². The Bertz CT molecular complexity index is 594. The van der Waals surface area contributed by atoms with E-state index in [1.165, 1.54) is 0 Å². The second kappa shape index (κ2) is 5.77. The fraction of sp³-hybridized carbons (Fsp3) is 0.438. The number of aromatic nitrogens is 1. The summed E-state index contributed by atoms with van der Waals surface area (Å²) in [6, 6.07) is 8.61. The smallest absolute Gasteiger partial charge is 0.136 e. The second-order valence-electron chi connectivity index (χ2n) is 5.27. The summed E-state index contributed by atoms with van der Waals surface area (Å²) in [6.45, 7) is 1.66. The highest BCUT2D eigenvalue weighted by atomic mass is 16.5. The first-order valence-electron chi connectivity index (χ1n) is 7.09. The molecule has 0 atom stereocenters. The average Bonchev–Trinajstić information content (AvgIpc) is 2.54. The van der Waals surface area contributed by atoms with Crippen LogP contribution in [0.15, 0.2) is 30.5 Å². The first-order chi connectivity index (χ1) is 9.81. The fourth-order valence-electron chi connectivity index (χ4n) is 2.89. The number of rotatable bonds is 3. The van der Waals surface area contributed by atoms with Gasteiger partial charge in [-0.2, -0.15) is 0 Å². The number of benzene rings is 1. The van der Waals surface area contributed by atoms with Gasteiger partial charge in [0, 0.05) is 43.4 Å². The van der Waals surface area contributed by atoms with Gasteiger partial charge in [-0.15, -0.1) is 0 Å². The Morgan fingerprint density at radius 1 is 1.25 bits per heavy atom. The highest BCUT2D eigenvalue weighted by Gasteiger charge is 2.21. The van der Waals surface area contributed by atoms with Crippen molar-refractivity contribution in [3.05, 3.63) is 36.0 Å². The van der Waals surface area contributed by atoms with Crippen molar-refractivity contribution >= 4 is 16.6 Å². The minimum Gasteiger partial charge on any atom is -0.392 e. The third-order valence-electron chi connectivity index (χ3n) is 4.10. The molecule has 1 aromatic carbocycles. The molecule has 1 aromatic heterocycles. The Morgan fingerprint density at radius 2 is 1.95 bits per heavy atom. The lowest BCUT2D eigenvalue weighted by Crippen LogP contribution is -2.37. The van der Waals surface area contributed by atoms with Crippen LogP contribution >= 0.6 is 0 Å². The summed E-state index contributed by atoms with van der Waals surface area (Å²) >= 11 is 0. The predicted octanol–water partition coefficient (Wildman–Crippen LogP) is 2.34. The van der Waals surface area contributed by atoms with Crippen LogP contribution in [0.5, 0.6) is 0 Å². The van der Waals surface area contributed by atoms with Crippen LogP contribution in [0.2, 0.25) is 0 Å². The standard InChI is InChI=1S/C16H20N2O2/c1-18(13-6-8-20-9-7-13)16-15-5-3-2-4-14(15)12(11-19)10-17-16/h2-5,10,13,19H,6-9,11H2,1H3. The van der Waals surface area contributed by atoms with Gasteiger partial charge in [-0.05, 0) is 18.2 Å². The van der Waals surface area contributed by atoms with Crippen molar-refractivity contribution in [1.29, 1.82) is 0 Å². The van der Waals surface area contributed by atoms with Crippen LogP contribution in [0.3, 0.4) is 0 Å². The van der Waals surface area contributed by atoms with E-state index < -0.39 is 0 Å². The van der Waals surface area contributed by atoms with Crippen molar-refractivity contribution < 1.29 is 9.84 Å². The van der Waals surface area contributed by atoms with E-state index in [0.29, 0.717) is 6.04 Å². The number of nitrogens with zero attached hydrogens (tertiary/aromatic N) is 2. The first kappa shape index (κ1) is 13.3. The molecule has 106 valence electrons. The van der Waals surface area contributed by atoms with Crippen LogP contribution in [-0.2, 0) is 11.3 Å². The number of pyridine rings is 1. The summed E-state index contributed by atoms with van der Waals surface area (Å²) in [4.78, 5) is 6.83. The van der Waals surface area contributed by atoms with Gasteiger partial charge in [0.15, 0.2) is 0 Å². The van der Waals surface area contributed by atoms with E-state index in [-0.39, 0.29) is 6.61 Å². The monoisotopic (exact) mass is 272 g/mol. The van der Waals surface area contributed by atoms with Gasteiger partial charge in [-0.25, -0.2) is 4.98 Å². The summed E-state index contributed by atoms with van der Waals surface area (Å²) in [5, 5.41) is 11.6. The maximum atomic E-state index is 9.44. The molecular weight excluding hydrogens is 252 g/mol. The number of anilines is 1. The van der Waals surface area contributed by atoms with Crippen LogP contribution in [0.4, 0.5) is 5.82 Å². The van der Waals surface area contributed by atoms with E-state index >= 15 is 0 Å². The maximum Gasteiger partial charge on any atom is 0.136 e. The number of hydrogen-bond acceptors (Lipinski definition) is 4. The quantitative estimate of drug-likeness (QED) is 0.931. The minimum absolute atomic E-state index is 0.0226. The molecule has 1 aliphatic rings. The lowest BCUT2D eigenvalue weighted by atomic mass is 10.0. The van der Waals surface area contributed by atoms with Gasteiger partial charge in [-0.1, -0.05) is 24.3 Å². The Kier molecular flexibility index (Phi) is 3.85. The van der Waals surface area contributed by atoms with Crippen molar-refractivity contribution in [1.82, 2.24) is 4.98 Å². The molecule has 0 bridgehead atoms. The number of aliphatic hydroxyl groups is 1. The maximum absolute atomic E-state index is 9.44. The Balaban J connectivity index is 2.02. The number of ether oxygens (including phenoxy) is 1. The molecule has 20 heavy (non-hydrogen) atoms. The lowest BCUT2D eigenvalue weighted by molar-refractivity contribution is 0.0854. The molecule has 4 heteroatoms. The normalized spacial score (nSPS) is 16.5. The zero-order valence-electron chi connectivity index (χ0n) is 11.7. The van der Waals surface area contributed by atoms with Crippen molar-refractivity contribution in [2.75, 3.05) is 25.2 Å². The van der Waals surface area contributed by atoms with Gasteiger partial charge in [0.05, 0.1) is 6.61 Å². The van der Waals surface area contributed by atoms with E-state index in [1.54, 1.807) is 6.20 Å².